The van der Waals surface area contributed by atoms with Gasteiger partial charge >= 0.3 is 12.2 Å². The van der Waals surface area contributed by atoms with Crippen molar-refractivity contribution in [1.29, 1.82) is 0 Å². The summed E-state index contributed by atoms with van der Waals surface area (Å²) in [7, 11) is 0. The molecule has 0 unspecified atom stereocenters. The quantitative estimate of drug-likeness (QED) is 0.0144. The number of nitro groups is 1. The number of non-ortho nitro benzene ring substituents is 1. The van der Waals surface area contributed by atoms with Crippen LogP contribution in [-0.2, 0) is 59.1 Å². The number of rotatable bonds is 35. The molecule has 1 aliphatic rings. The highest BCUT2D eigenvalue weighted by molar-refractivity contribution is 6.12. The molecule has 0 spiro atoms. The molecular weight excluding hydrogens is 921 g/mol. The van der Waals surface area contributed by atoms with Crippen LogP contribution < -0.4 is 37.1 Å². The molecule has 0 aliphatic carbocycles. The van der Waals surface area contributed by atoms with Crippen molar-refractivity contribution in [3.63, 3.8) is 0 Å². The number of hydrogen-bond acceptors (Lipinski definition) is 16. The zero-order valence-electron chi connectivity index (χ0n) is 39.4. The second-order valence-corrected chi connectivity index (χ2v) is 15.9. The molecule has 384 valence electrons. The predicted octanol–water partition coefficient (Wildman–Crippen LogP) is 2.38. The van der Waals surface area contributed by atoms with Crippen molar-refractivity contribution >= 4 is 59.0 Å². The maximum atomic E-state index is 13.5. The second-order valence-electron chi connectivity index (χ2n) is 15.9. The first-order chi connectivity index (χ1) is 33.6. The van der Waals surface area contributed by atoms with Gasteiger partial charge in [-0.15, -0.1) is 0 Å². The number of nitrogens with two attached hydrogens (primary N) is 1. The third-order valence-electron chi connectivity index (χ3n) is 10.0. The minimum atomic E-state index is -1.08. The van der Waals surface area contributed by atoms with E-state index in [4.69, 9.17) is 34.2 Å². The van der Waals surface area contributed by atoms with Gasteiger partial charge in [-0.1, -0.05) is 32.4 Å². The molecule has 70 heavy (non-hydrogen) atoms. The highest BCUT2D eigenvalue weighted by atomic mass is 16.7. The summed E-state index contributed by atoms with van der Waals surface area (Å²) in [5.74, 6) is -2.62. The normalized spacial score (nSPS) is 12.8. The second kappa shape index (κ2) is 32.7. The summed E-state index contributed by atoms with van der Waals surface area (Å²) in [6, 6.07) is 8.35. The molecule has 7 N–H and O–H groups in total. The molecule has 2 atom stereocenters. The van der Waals surface area contributed by atoms with Crippen molar-refractivity contribution in [3.8, 4) is 5.75 Å². The van der Waals surface area contributed by atoms with Gasteiger partial charge in [0.1, 0.15) is 24.4 Å². The van der Waals surface area contributed by atoms with Crippen LogP contribution in [0.15, 0.2) is 60.7 Å². The van der Waals surface area contributed by atoms with E-state index in [-0.39, 0.29) is 87.3 Å². The van der Waals surface area contributed by atoms with E-state index in [1.54, 1.807) is 38.1 Å². The number of urea groups is 1. The Kier molecular flexibility index (Phi) is 26.7. The molecule has 0 saturated heterocycles. The minimum Gasteiger partial charge on any atom is -0.429 e. The summed E-state index contributed by atoms with van der Waals surface area (Å²) in [5, 5.41) is 24.2. The van der Waals surface area contributed by atoms with Crippen LogP contribution in [0.5, 0.6) is 5.75 Å². The van der Waals surface area contributed by atoms with Gasteiger partial charge in [0.15, 0.2) is 0 Å². The van der Waals surface area contributed by atoms with Crippen molar-refractivity contribution in [2.75, 3.05) is 77.8 Å². The Bertz CT molecular complexity index is 2030. The maximum Gasteiger partial charge on any atom is 0.514 e. The monoisotopic (exact) mass is 984 g/mol. The molecule has 0 bridgehead atoms. The molecule has 0 fully saturated rings. The smallest absolute Gasteiger partial charge is 0.429 e. The SMILES string of the molecule is CC(C)[C@H](NC(=O)CCOCCOCCOCCOCCNC(=O)CCCCCN1C(=O)C=CC1=O)C(=O)N[C@@H](CCCNC(N)=O)C(=O)Nc1ccc(COC(=O)Oc2ccc([N+](=O)[O-])cc2)cc1. The average molecular weight is 985 g/mol. The number of unbranched alkanes of at least 4 members (excludes halogenated alkanes) is 2. The minimum absolute atomic E-state index is 0.0423. The van der Waals surface area contributed by atoms with Crippen molar-refractivity contribution in [2.24, 2.45) is 11.7 Å². The van der Waals surface area contributed by atoms with Crippen LogP contribution in [0.25, 0.3) is 0 Å². The molecule has 0 saturated carbocycles. The number of primary amides is 1. The number of carbonyl (C=O) groups is 8. The maximum absolute atomic E-state index is 13.5. The molecule has 2 aromatic carbocycles. The molecule has 1 aliphatic heterocycles. The summed E-state index contributed by atoms with van der Waals surface area (Å²) < 4.78 is 32.1. The van der Waals surface area contributed by atoms with Gasteiger partial charge in [0, 0.05) is 62.4 Å². The summed E-state index contributed by atoms with van der Waals surface area (Å²) >= 11 is 0. The van der Waals surface area contributed by atoms with E-state index in [1.807, 2.05) is 0 Å². The fraction of sp³-hybridized carbons (Fsp3) is 0.522. The van der Waals surface area contributed by atoms with Gasteiger partial charge in [0.25, 0.3) is 17.5 Å². The fourth-order valence-electron chi connectivity index (χ4n) is 6.31. The number of hydrogen-bond donors (Lipinski definition) is 6. The van der Waals surface area contributed by atoms with E-state index < -0.39 is 46.9 Å². The molecular formula is C46H64N8O16. The van der Waals surface area contributed by atoms with Gasteiger partial charge in [0.2, 0.25) is 23.6 Å². The lowest BCUT2D eigenvalue weighted by atomic mass is 10.0. The number of anilines is 1. The first kappa shape index (κ1) is 57.3. The zero-order chi connectivity index (χ0) is 51.1. The van der Waals surface area contributed by atoms with Crippen LogP contribution in [-0.4, -0.2) is 142 Å². The van der Waals surface area contributed by atoms with Crippen LogP contribution >= 0.6 is 0 Å². The van der Waals surface area contributed by atoms with E-state index in [2.05, 4.69) is 26.6 Å². The molecule has 2 aromatic rings. The summed E-state index contributed by atoms with van der Waals surface area (Å²) in [4.78, 5) is 110. The Morgan fingerprint density at radius 1 is 0.686 bits per heavy atom. The lowest BCUT2D eigenvalue weighted by Crippen LogP contribution is -2.54. The number of nitrogens with one attached hydrogen (secondary N) is 5. The molecule has 8 amide bonds. The standard InChI is InChI=1S/C46H64N8O16/c1-32(2)42(52-39(56)19-23-65-25-27-67-29-30-68-28-26-66-24-21-48-38(55)8-4-3-5-22-53-40(57)17-18-41(53)58)44(60)51-37(7-6-20-49-45(47)61)43(59)50-34-11-9-33(10-12-34)31-69-46(62)70-36-15-13-35(14-16-36)54(63)64/h9-18,32,37,42H,3-8,19-31H2,1-2H3,(H,48,55)(H,50,59)(H,51,60)(H,52,56)(H3,47,49,61)/t37-,42-/m0/s1. The van der Waals surface area contributed by atoms with E-state index in [0.29, 0.717) is 76.6 Å². The Morgan fingerprint density at radius 3 is 1.90 bits per heavy atom. The van der Waals surface area contributed by atoms with E-state index in [1.165, 1.54) is 41.3 Å². The van der Waals surface area contributed by atoms with Crippen molar-refractivity contribution in [2.45, 2.75) is 77.5 Å². The molecule has 24 nitrogen and oxygen atoms in total. The van der Waals surface area contributed by atoms with E-state index >= 15 is 0 Å². The summed E-state index contributed by atoms with van der Waals surface area (Å²) in [6.45, 7) is 6.33. The first-order valence-corrected chi connectivity index (χ1v) is 22.9. The van der Waals surface area contributed by atoms with Gasteiger partial charge < -0.3 is 60.7 Å². The van der Waals surface area contributed by atoms with Crippen molar-refractivity contribution in [3.05, 3.63) is 76.4 Å². The number of nitrogens with zero attached hydrogens (tertiary/aromatic N) is 2. The fourth-order valence-corrected chi connectivity index (χ4v) is 6.31. The molecule has 0 radical (unpaired) electrons. The molecule has 1 heterocycles. The Hall–Kier alpha value is -7.02. The van der Waals surface area contributed by atoms with E-state index in [0.717, 1.165) is 6.42 Å². The molecule has 24 heteroatoms. The largest absolute Gasteiger partial charge is 0.514 e. The number of ether oxygens (including phenoxy) is 6. The van der Waals surface area contributed by atoms with Gasteiger partial charge in [-0.25, -0.2) is 9.59 Å². The third-order valence-corrected chi connectivity index (χ3v) is 10.0. The Balaban J connectivity index is 1.26. The Morgan fingerprint density at radius 2 is 1.30 bits per heavy atom. The van der Waals surface area contributed by atoms with Crippen LogP contribution in [0, 0.1) is 16.0 Å². The summed E-state index contributed by atoms with van der Waals surface area (Å²) in [6.07, 6.45) is 4.18. The van der Waals surface area contributed by atoms with Gasteiger partial charge in [0.05, 0.1) is 57.8 Å². The van der Waals surface area contributed by atoms with Crippen LogP contribution in [0.3, 0.4) is 0 Å². The Labute approximate surface area is 405 Å². The van der Waals surface area contributed by atoms with Crippen LogP contribution in [0.4, 0.5) is 21.0 Å². The third kappa shape index (κ3) is 23.8. The van der Waals surface area contributed by atoms with E-state index in [9.17, 15) is 48.5 Å². The van der Waals surface area contributed by atoms with Crippen molar-refractivity contribution < 1.29 is 71.7 Å². The zero-order valence-corrected chi connectivity index (χ0v) is 39.4. The number of carbonyl (C=O) groups excluding carboxylic acids is 8. The number of benzene rings is 2. The lowest BCUT2D eigenvalue weighted by Gasteiger charge is -2.25. The summed E-state index contributed by atoms with van der Waals surface area (Å²) in [5.41, 5.74) is 5.90. The van der Waals surface area contributed by atoms with Crippen LogP contribution in [0.2, 0.25) is 0 Å². The highest BCUT2D eigenvalue weighted by Crippen LogP contribution is 2.19. The molecule has 3 rings (SSSR count). The highest BCUT2D eigenvalue weighted by Gasteiger charge is 2.29. The van der Waals surface area contributed by atoms with Gasteiger partial charge in [-0.3, -0.25) is 43.8 Å². The molecule has 0 aromatic heterocycles. The van der Waals surface area contributed by atoms with Crippen LogP contribution in [0.1, 0.15) is 64.4 Å². The average Bonchev–Trinajstić information content (AvgIpc) is 3.65. The predicted molar refractivity (Wildman–Crippen MR) is 250 cm³/mol. The van der Waals surface area contributed by atoms with Crippen molar-refractivity contribution in [1.82, 2.24) is 26.2 Å². The first-order valence-electron chi connectivity index (χ1n) is 22.9. The number of imide groups is 1. The topological polar surface area (TPSA) is 324 Å². The van der Waals surface area contributed by atoms with Gasteiger partial charge in [-0.2, -0.15) is 0 Å². The number of amides is 8. The number of nitro benzene ring substituents is 1. The van der Waals surface area contributed by atoms with Gasteiger partial charge in [-0.05, 0) is 61.4 Å². The lowest BCUT2D eigenvalue weighted by molar-refractivity contribution is -0.384.